The van der Waals surface area contributed by atoms with Crippen LogP contribution in [0.4, 0.5) is 0 Å². The number of rotatable bonds is 4. The first kappa shape index (κ1) is 16.0. The Morgan fingerprint density at radius 3 is 2.42 bits per heavy atom. The van der Waals surface area contributed by atoms with Crippen molar-refractivity contribution in [2.75, 3.05) is 13.7 Å². The summed E-state index contributed by atoms with van der Waals surface area (Å²) in [5, 5.41) is 19.8. The van der Waals surface area contributed by atoms with Gasteiger partial charge in [-0.1, -0.05) is 12.1 Å². The van der Waals surface area contributed by atoms with E-state index in [1.54, 1.807) is 19.1 Å². The lowest BCUT2D eigenvalue weighted by Crippen LogP contribution is -2.23. The second kappa shape index (κ2) is 5.98. The number of methoxy groups -OCH3 is 1. The molecule has 0 atom stereocenters. The molecule has 0 unspecified atom stereocenters. The van der Waals surface area contributed by atoms with Crippen LogP contribution in [0.5, 0.6) is 17.2 Å². The van der Waals surface area contributed by atoms with Crippen molar-refractivity contribution in [3.8, 4) is 17.2 Å². The summed E-state index contributed by atoms with van der Waals surface area (Å²) < 4.78 is 10.7. The smallest absolute Gasteiger partial charge is 0.202 e. The molecule has 24 heavy (non-hydrogen) atoms. The first-order chi connectivity index (χ1) is 11.5. The molecule has 0 aliphatic heterocycles. The molecule has 0 bridgehead atoms. The summed E-state index contributed by atoms with van der Waals surface area (Å²) in [4.78, 5) is 25.9. The average Bonchev–Trinajstić information content (AvgIpc) is 2.60. The van der Waals surface area contributed by atoms with Crippen LogP contribution in [0.1, 0.15) is 44.3 Å². The Hall–Kier alpha value is -2.86. The monoisotopic (exact) mass is 328 g/mol. The number of aromatic hydroxyl groups is 1. The molecule has 124 valence electrons. The molecule has 2 aromatic carbocycles. The Balaban J connectivity index is 2.37. The van der Waals surface area contributed by atoms with Crippen LogP contribution in [0, 0.1) is 0 Å². The maximum Gasteiger partial charge on any atom is 0.202 e. The second-order valence-electron chi connectivity index (χ2n) is 5.26. The lowest BCUT2D eigenvalue weighted by molar-refractivity contribution is 0.0970. The van der Waals surface area contributed by atoms with E-state index in [4.69, 9.17) is 9.47 Å². The van der Waals surface area contributed by atoms with Gasteiger partial charge in [-0.2, -0.15) is 0 Å². The molecule has 1 aliphatic carbocycles. The number of fused-ring (bicyclic) bond motifs is 2. The van der Waals surface area contributed by atoms with Crippen molar-refractivity contribution in [1.29, 1.82) is 0 Å². The van der Waals surface area contributed by atoms with Crippen LogP contribution in [0.2, 0.25) is 0 Å². The summed E-state index contributed by atoms with van der Waals surface area (Å²) in [7, 11) is 1.40. The molecule has 0 radical (unpaired) electrons. The van der Waals surface area contributed by atoms with Crippen molar-refractivity contribution in [1.82, 2.24) is 0 Å². The topological polar surface area (TPSA) is 93.1 Å². The number of carbonyl (C=O) groups is 2. The molecule has 6 nitrogen and oxygen atoms in total. The van der Waals surface area contributed by atoms with E-state index in [0.717, 1.165) is 0 Å². The Morgan fingerprint density at radius 1 is 1.04 bits per heavy atom. The standard InChI is InChI=1S/C18H16O6/c1-3-24-12-7-9(8-19)16(20)15-14(12)17(21)10-5-4-6-11(23-2)13(10)18(15)22/h4-7,19-20H,3,8H2,1-2H3. The molecule has 0 amide bonds. The molecule has 0 saturated carbocycles. The van der Waals surface area contributed by atoms with Gasteiger partial charge in [-0.05, 0) is 19.1 Å². The van der Waals surface area contributed by atoms with Crippen LogP contribution in [0.25, 0.3) is 0 Å². The molecule has 6 heteroatoms. The highest BCUT2D eigenvalue weighted by molar-refractivity contribution is 6.31. The van der Waals surface area contributed by atoms with Crippen LogP contribution >= 0.6 is 0 Å². The quantitative estimate of drug-likeness (QED) is 0.761. The number of benzene rings is 2. The predicted molar refractivity (Wildman–Crippen MR) is 85.1 cm³/mol. The van der Waals surface area contributed by atoms with Gasteiger partial charge in [-0.3, -0.25) is 9.59 Å². The van der Waals surface area contributed by atoms with Crippen molar-refractivity contribution >= 4 is 11.6 Å². The zero-order chi connectivity index (χ0) is 17.4. The molecular formula is C18H16O6. The van der Waals surface area contributed by atoms with Crippen LogP contribution in [-0.4, -0.2) is 35.5 Å². The van der Waals surface area contributed by atoms with E-state index in [2.05, 4.69) is 0 Å². The van der Waals surface area contributed by atoms with Gasteiger partial charge in [-0.25, -0.2) is 0 Å². The van der Waals surface area contributed by atoms with E-state index < -0.39 is 23.9 Å². The van der Waals surface area contributed by atoms with Gasteiger partial charge in [0.15, 0.2) is 5.78 Å². The maximum atomic E-state index is 12.9. The Morgan fingerprint density at radius 2 is 1.79 bits per heavy atom. The summed E-state index contributed by atoms with van der Waals surface area (Å²) in [6.45, 7) is 1.53. The van der Waals surface area contributed by atoms with Gasteiger partial charge in [0.05, 0.1) is 37.0 Å². The van der Waals surface area contributed by atoms with Crippen LogP contribution in [-0.2, 0) is 6.61 Å². The zero-order valence-electron chi connectivity index (χ0n) is 13.3. The van der Waals surface area contributed by atoms with Gasteiger partial charge in [0, 0.05) is 11.1 Å². The Bertz CT molecular complexity index is 853. The molecule has 0 fully saturated rings. The van der Waals surface area contributed by atoms with Crippen molar-refractivity contribution in [3.63, 3.8) is 0 Å². The SMILES string of the molecule is CCOc1cc(CO)c(O)c2c1C(=O)c1cccc(OC)c1C2=O. The van der Waals surface area contributed by atoms with Crippen LogP contribution in [0.3, 0.4) is 0 Å². The molecule has 3 rings (SSSR count). The molecule has 0 spiro atoms. The summed E-state index contributed by atoms with van der Waals surface area (Å²) in [5.41, 5.74) is 0.273. The van der Waals surface area contributed by atoms with Gasteiger partial charge in [0.25, 0.3) is 0 Å². The van der Waals surface area contributed by atoms with Gasteiger partial charge in [0.2, 0.25) is 5.78 Å². The number of aliphatic hydroxyl groups is 1. The number of phenols is 1. The van der Waals surface area contributed by atoms with E-state index in [1.165, 1.54) is 19.2 Å². The summed E-state index contributed by atoms with van der Waals surface area (Å²) in [5.74, 6) is -0.956. The summed E-state index contributed by atoms with van der Waals surface area (Å²) in [6.07, 6.45) is 0. The normalized spacial score (nSPS) is 12.6. The highest BCUT2D eigenvalue weighted by atomic mass is 16.5. The Kier molecular flexibility index (Phi) is 3.99. The minimum atomic E-state index is -0.536. The largest absolute Gasteiger partial charge is 0.507 e. The average molecular weight is 328 g/mol. The van der Waals surface area contributed by atoms with Gasteiger partial charge >= 0.3 is 0 Å². The molecule has 0 heterocycles. The number of carbonyl (C=O) groups excluding carboxylic acids is 2. The maximum absolute atomic E-state index is 12.9. The third-order valence-corrected chi connectivity index (χ3v) is 3.98. The van der Waals surface area contributed by atoms with Gasteiger partial charge in [-0.15, -0.1) is 0 Å². The second-order valence-corrected chi connectivity index (χ2v) is 5.26. The highest BCUT2D eigenvalue weighted by Gasteiger charge is 2.37. The molecule has 0 aromatic heterocycles. The summed E-state index contributed by atoms with van der Waals surface area (Å²) in [6, 6.07) is 6.11. The fourth-order valence-corrected chi connectivity index (χ4v) is 2.92. The van der Waals surface area contributed by atoms with Gasteiger partial charge in [0.1, 0.15) is 17.2 Å². The van der Waals surface area contributed by atoms with Crippen molar-refractivity contribution in [2.24, 2.45) is 0 Å². The van der Waals surface area contributed by atoms with E-state index in [0.29, 0.717) is 0 Å². The van der Waals surface area contributed by atoms with E-state index in [1.807, 2.05) is 0 Å². The third-order valence-electron chi connectivity index (χ3n) is 3.98. The van der Waals surface area contributed by atoms with Crippen LogP contribution in [0.15, 0.2) is 24.3 Å². The highest BCUT2D eigenvalue weighted by Crippen LogP contribution is 2.42. The van der Waals surface area contributed by atoms with Crippen molar-refractivity contribution in [3.05, 3.63) is 52.1 Å². The van der Waals surface area contributed by atoms with Crippen molar-refractivity contribution in [2.45, 2.75) is 13.5 Å². The first-order valence-corrected chi connectivity index (χ1v) is 7.44. The lowest BCUT2D eigenvalue weighted by Gasteiger charge is -2.23. The van der Waals surface area contributed by atoms with Gasteiger partial charge < -0.3 is 19.7 Å². The fraction of sp³-hybridized carbons (Fsp3) is 0.222. The number of ketones is 2. The van der Waals surface area contributed by atoms with E-state index >= 15 is 0 Å². The molecule has 0 saturated heterocycles. The van der Waals surface area contributed by atoms with Crippen molar-refractivity contribution < 1.29 is 29.3 Å². The molecule has 1 aliphatic rings. The minimum absolute atomic E-state index is 0.0114. The number of hydrogen-bond acceptors (Lipinski definition) is 6. The first-order valence-electron chi connectivity index (χ1n) is 7.44. The fourth-order valence-electron chi connectivity index (χ4n) is 2.92. The van der Waals surface area contributed by atoms with Crippen LogP contribution < -0.4 is 9.47 Å². The molecule has 2 aromatic rings. The minimum Gasteiger partial charge on any atom is -0.507 e. The number of ether oxygens (including phenoxy) is 2. The summed E-state index contributed by atoms with van der Waals surface area (Å²) >= 11 is 0. The molecular weight excluding hydrogens is 312 g/mol. The molecule has 2 N–H and O–H groups in total. The predicted octanol–water partition coefficient (Wildman–Crippen LogP) is 2.07. The zero-order valence-corrected chi connectivity index (χ0v) is 13.3. The van der Waals surface area contributed by atoms with E-state index in [-0.39, 0.29) is 45.9 Å². The van der Waals surface area contributed by atoms with E-state index in [9.17, 15) is 19.8 Å². The number of hydrogen-bond donors (Lipinski definition) is 2. The third kappa shape index (κ3) is 2.15. The lowest BCUT2D eigenvalue weighted by atomic mass is 9.81. The number of aliphatic hydroxyl groups excluding tert-OH is 1. The Labute approximate surface area is 138 Å².